The van der Waals surface area contributed by atoms with E-state index in [0.717, 1.165) is 18.5 Å². The van der Waals surface area contributed by atoms with Gasteiger partial charge >= 0.3 is 6.09 Å². The Bertz CT molecular complexity index is 969. The summed E-state index contributed by atoms with van der Waals surface area (Å²) in [6, 6.07) is 13.6. The Hall–Kier alpha value is -2.74. The van der Waals surface area contributed by atoms with Gasteiger partial charge in [0.2, 0.25) is 9.84 Å². The highest BCUT2D eigenvalue weighted by atomic mass is 32.2. The molecule has 8 heteroatoms. The number of rotatable bonds is 3. The standard InChI is InChI=1S/C20H22N2O5S/c23-20(24)21-10-8-15(9-11-21)22-12-13-27-19-14-17(6-7-18(19)22)28(25,26)16-4-2-1-3-5-16/h1-7,14-15H,8-13H2,(H,23,24). The molecule has 2 aliphatic rings. The molecule has 4 rings (SSSR count). The van der Waals surface area contributed by atoms with E-state index in [1.54, 1.807) is 48.5 Å². The first-order valence-corrected chi connectivity index (χ1v) is 10.8. The van der Waals surface area contributed by atoms with Gasteiger partial charge in [0.25, 0.3) is 0 Å². The third-order valence-electron chi connectivity index (χ3n) is 5.37. The van der Waals surface area contributed by atoms with Crippen molar-refractivity contribution in [3.05, 3.63) is 48.5 Å². The molecule has 2 aliphatic heterocycles. The summed E-state index contributed by atoms with van der Waals surface area (Å²) in [5.74, 6) is 0.559. The Balaban J connectivity index is 1.59. The van der Waals surface area contributed by atoms with Crippen molar-refractivity contribution in [3.63, 3.8) is 0 Å². The minimum absolute atomic E-state index is 0.208. The van der Waals surface area contributed by atoms with Crippen LogP contribution in [0.15, 0.2) is 58.3 Å². The number of amides is 1. The second-order valence-electron chi connectivity index (χ2n) is 6.99. The zero-order valence-electron chi connectivity index (χ0n) is 15.3. The van der Waals surface area contributed by atoms with Crippen LogP contribution in [0.5, 0.6) is 5.75 Å². The molecule has 28 heavy (non-hydrogen) atoms. The van der Waals surface area contributed by atoms with E-state index < -0.39 is 15.9 Å². The second-order valence-corrected chi connectivity index (χ2v) is 8.94. The van der Waals surface area contributed by atoms with Gasteiger partial charge in [-0.3, -0.25) is 0 Å². The lowest BCUT2D eigenvalue weighted by Gasteiger charge is -2.41. The average molecular weight is 402 g/mol. The van der Waals surface area contributed by atoms with E-state index in [0.29, 0.717) is 32.0 Å². The number of benzene rings is 2. The van der Waals surface area contributed by atoms with Gasteiger partial charge in [-0.1, -0.05) is 18.2 Å². The number of sulfone groups is 1. The number of hydrogen-bond donors (Lipinski definition) is 1. The monoisotopic (exact) mass is 402 g/mol. The molecule has 2 aromatic rings. The number of anilines is 1. The fraction of sp³-hybridized carbons (Fsp3) is 0.350. The molecule has 1 amide bonds. The van der Waals surface area contributed by atoms with Gasteiger partial charge < -0.3 is 19.6 Å². The van der Waals surface area contributed by atoms with Gasteiger partial charge in [-0.2, -0.15) is 0 Å². The third kappa shape index (κ3) is 3.40. The minimum Gasteiger partial charge on any atom is -0.490 e. The van der Waals surface area contributed by atoms with Crippen molar-refractivity contribution in [3.8, 4) is 5.75 Å². The molecule has 2 aromatic carbocycles. The number of hydrogen-bond acceptors (Lipinski definition) is 5. The zero-order valence-corrected chi connectivity index (χ0v) is 16.1. The van der Waals surface area contributed by atoms with Crippen molar-refractivity contribution in [1.82, 2.24) is 4.90 Å². The number of piperidine rings is 1. The predicted molar refractivity (Wildman–Crippen MR) is 104 cm³/mol. The molecule has 0 aliphatic carbocycles. The largest absolute Gasteiger partial charge is 0.490 e. The first-order valence-electron chi connectivity index (χ1n) is 9.28. The molecule has 0 spiro atoms. The Kier molecular flexibility index (Phi) is 4.89. The number of fused-ring (bicyclic) bond motifs is 1. The Morgan fingerprint density at radius 2 is 1.71 bits per heavy atom. The first-order chi connectivity index (χ1) is 13.5. The summed E-state index contributed by atoms with van der Waals surface area (Å²) < 4.78 is 31.5. The summed E-state index contributed by atoms with van der Waals surface area (Å²) in [4.78, 5) is 15.2. The molecule has 2 heterocycles. The summed E-state index contributed by atoms with van der Waals surface area (Å²) in [6.07, 6.45) is 0.614. The SMILES string of the molecule is O=C(O)N1CCC(N2CCOc3cc(S(=O)(=O)c4ccccc4)ccc32)CC1. The lowest BCUT2D eigenvalue weighted by molar-refractivity contribution is 0.130. The van der Waals surface area contributed by atoms with Gasteiger partial charge in [0, 0.05) is 25.2 Å². The quantitative estimate of drug-likeness (QED) is 0.850. The summed E-state index contributed by atoms with van der Waals surface area (Å²) in [5, 5.41) is 9.13. The van der Waals surface area contributed by atoms with Crippen molar-refractivity contribution in [2.45, 2.75) is 28.7 Å². The number of ether oxygens (including phenoxy) is 1. The summed E-state index contributed by atoms with van der Waals surface area (Å²) in [5.41, 5.74) is 0.868. The van der Waals surface area contributed by atoms with Crippen molar-refractivity contribution in [2.24, 2.45) is 0 Å². The van der Waals surface area contributed by atoms with Crippen LogP contribution in [-0.2, 0) is 9.84 Å². The van der Waals surface area contributed by atoms with Crippen LogP contribution >= 0.6 is 0 Å². The van der Waals surface area contributed by atoms with Crippen LogP contribution in [0.25, 0.3) is 0 Å². The van der Waals surface area contributed by atoms with E-state index in [-0.39, 0.29) is 15.8 Å². The molecule has 1 N–H and O–H groups in total. The molecule has 0 saturated carbocycles. The van der Waals surface area contributed by atoms with E-state index in [9.17, 15) is 13.2 Å². The molecule has 1 saturated heterocycles. The van der Waals surface area contributed by atoms with Gasteiger partial charge in [0.05, 0.1) is 22.0 Å². The number of carbonyl (C=O) groups is 1. The van der Waals surface area contributed by atoms with Crippen LogP contribution < -0.4 is 9.64 Å². The van der Waals surface area contributed by atoms with Crippen LogP contribution in [0, 0.1) is 0 Å². The molecule has 0 atom stereocenters. The Morgan fingerprint density at radius 1 is 1.00 bits per heavy atom. The topological polar surface area (TPSA) is 87.2 Å². The third-order valence-corrected chi connectivity index (χ3v) is 7.14. The van der Waals surface area contributed by atoms with Gasteiger partial charge in [0.1, 0.15) is 12.4 Å². The smallest absolute Gasteiger partial charge is 0.407 e. The molecular formula is C20H22N2O5S. The van der Waals surface area contributed by atoms with Crippen LogP contribution in [0.3, 0.4) is 0 Å². The summed E-state index contributed by atoms with van der Waals surface area (Å²) >= 11 is 0. The maximum absolute atomic E-state index is 12.9. The number of nitrogens with zero attached hydrogens (tertiary/aromatic N) is 2. The highest BCUT2D eigenvalue weighted by Gasteiger charge is 2.31. The van der Waals surface area contributed by atoms with E-state index in [4.69, 9.17) is 9.84 Å². The number of likely N-dealkylation sites (tertiary alicyclic amines) is 1. The molecule has 0 bridgehead atoms. The fourth-order valence-electron chi connectivity index (χ4n) is 3.87. The van der Waals surface area contributed by atoms with Gasteiger partial charge in [0.15, 0.2) is 0 Å². The molecule has 1 fully saturated rings. The highest BCUT2D eigenvalue weighted by Crippen LogP contribution is 2.37. The van der Waals surface area contributed by atoms with Crippen LogP contribution in [0.2, 0.25) is 0 Å². The van der Waals surface area contributed by atoms with E-state index >= 15 is 0 Å². The average Bonchev–Trinajstić information content (AvgIpc) is 2.73. The Labute approximate surface area is 164 Å². The predicted octanol–water partition coefficient (Wildman–Crippen LogP) is 2.86. The van der Waals surface area contributed by atoms with Crippen molar-refractivity contribution in [1.29, 1.82) is 0 Å². The summed E-state index contributed by atoms with van der Waals surface area (Å²) in [7, 11) is -3.60. The van der Waals surface area contributed by atoms with Gasteiger partial charge in [-0.25, -0.2) is 13.2 Å². The second kappa shape index (κ2) is 7.35. The lowest BCUT2D eigenvalue weighted by atomic mass is 10.0. The van der Waals surface area contributed by atoms with Gasteiger partial charge in [-0.05, 0) is 37.1 Å². The lowest BCUT2D eigenvalue weighted by Crippen LogP contribution is -2.48. The van der Waals surface area contributed by atoms with Crippen molar-refractivity contribution in [2.75, 3.05) is 31.1 Å². The molecule has 0 radical (unpaired) electrons. The highest BCUT2D eigenvalue weighted by molar-refractivity contribution is 7.91. The zero-order chi connectivity index (χ0) is 19.7. The van der Waals surface area contributed by atoms with E-state index in [1.807, 2.05) is 0 Å². The normalized spacial score (nSPS) is 17.7. The minimum atomic E-state index is -3.60. The molecule has 148 valence electrons. The van der Waals surface area contributed by atoms with Crippen molar-refractivity contribution < 1.29 is 23.1 Å². The van der Waals surface area contributed by atoms with Crippen LogP contribution in [-0.4, -0.2) is 56.8 Å². The van der Waals surface area contributed by atoms with E-state index in [1.165, 1.54) is 4.90 Å². The maximum atomic E-state index is 12.9. The maximum Gasteiger partial charge on any atom is 0.407 e. The molecule has 0 unspecified atom stereocenters. The molecule has 0 aromatic heterocycles. The number of carboxylic acid groups (broad SMARTS) is 1. The summed E-state index contributed by atoms with van der Waals surface area (Å²) in [6.45, 7) is 2.19. The van der Waals surface area contributed by atoms with Crippen LogP contribution in [0.4, 0.5) is 10.5 Å². The van der Waals surface area contributed by atoms with Crippen LogP contribution in [0.1, 0.15) is 12.8 Å². The van der Waals surface area contributed by atoms with Crippen molar-refractivity contribution >= 4 is 21.6 Å². The molecular weight excluding hydrogens is 380 g/mol. The fourth-order valence-corrected chi connectivity index (χ4v) is 5.17. The Morgan fingerprint density at radius 3 is 2.39 bits per heavy atom. The molecule has 7 nitrogen and oxygen atoms in total. The first kappa shape index (κ1) is 18.6. The van der Waals surface area contributed by atoms with Gasteiger partial charge in [-0.15, -0.1) is 0 Å². The van der Waals surface area contributed by atoms with E-state index in [2.05, 4.69) is 4.90 Å².